The van der Waals surface area contributed by atoms with Crippen molar-refractivity contribution in [2.45, 2.75) is 13.8 Å². The quantitative estimate of drug-likeness (QED) is 0.370. The van der Waals surface area contributed by atoms with E-state index >= 15 is 0 Å². The molecule has 0 radical (unpaired) electrons. The Labute approximate surface area is 92.8 Å². The fourth-order valence-electron chi connectivity index (χ4n) is 0. The topological polar surface area (TPSA) is 129 Å². The Morgan fingerprint density at radius 3 is 1.17 bits per heavy atom. The average molecular weight is 192 g/mol. The Balaban J connectivity index is -0.0000000198. The number of aliphatic hydroxyl groups is 1. The van der Waals surface area contributed by atoms with Crippen molar-refractivity contribution in [3.05, 3.63) is 0 Å². The third-order valence-corrected chi connectivity index (χ3v) is 0. The number of carboxylic acids is 2. The maximum Gasteiger partial charge on any atom is 1.00 e. The maximum absolute atomic E-state index is 9.00. The van der Waals surface area contributed by atoms with Crippen LogP contribution in [0.25, 0.3) is 0 Å². The Morgan fingerprint density at radius 1 is 1.17 bits per heavy atom. The van der Waals surface area contributed by atoms with Crippen molar-refractivity contribution in [1.29, 1.82) is 0 Å². The summed E-state index contributed by atoms with van der Waals surface area (Å²) in [7, 11) is 1.00. The zero-order chi connectivity index (χ0) is 9.15. The molecule has 70 valence electrons. The molecule has 0 spiro atoms. The molecule has 0 heterocycles. The van der Waals surface area contributed by atoms with Crippen molar-refractivity contribution in [2.24, 2.45) is 0 Å². The monoisotopic (exact) mass is 192 g/mol. The molecular formula is C5H13NaO6. The molecule has 0 saturated heterocycles. The van der Waals surface area contributed by atoms with Crippen LogP contribution in [0.3, 0.4) is 0 Å². The molecule has 0 saturated carbocycles. The molecular weight excluding hydrogens is 179 g/mol. The smallest absolute Gasteiger partial charge is 0.550 e. The van der Waals surface area contributed by atoms with Gasteiger partial charge in [0, 0.05) is 20.0 Å². The number of rotatable bonds is 0. The number of hydrogen-bond donors (Lipinski definition) is 2. The standard InChI is InChI=1S/2C2H4O2.CH4O.Na.H2O/c2*1-2(3)4;1-2;;/h2*1H3,(H,3,4);2H,1H3;;1H2/q;;;+1;/p-1. The second-order valence-corrected chi connectivity index (χ2v) is 1.01. The van der Waals surface area contributed by atoms with Gasteiger partial charge in [0.25, 0.3) is 5.97 Å². The van der Waals surface area contributed by atoms with Crippen molar-refractivity contribution in [2.75, 3.05) is 7.11 Å². The molecule has 0 aromatic rings. The van der Waals surface area contributed by atoms with E-state index in [9.17, 15) is 0 Å². The van der Waals surface area contributed by atoms with E-state index in [0.29, 0.717) is 0 Å². The molecule has 0 aromatic heterocycles. The van der Waals surface area contributed by atoms with Crippen LogP contribution in [0.2, 0.25) is 0 Å². The van der Waals surface area contributed by atoms with Gasteiger partial charge in [0.05, 0.1) is 0 Å². The zero-order valence-corrected chi connectivity index (χ0v) is 9.62. The van der Waals surface area contributed by atoms with E-state index in [1.807, 2.05) is 0 Å². The Morgan fingerprint density at radius 2 is 1.17 bits per heavy atom. The van der Waals surface area contributed by atoms with Crippen LogP contribution in [0.15, 0.2) is 0 Å². The van der Waals surface area contributed by atoms with Crippen molar-refractivity contribution in [3.8, 4) is 0 Å². The van der Waals surface area contributed by atoms with Gasteiger partial charge in [-0.1, -0.05) is 0 Å². The predicted octanol–water partition coefficient (Wildman–Crippen LogP) is -5.37. The normalized spacial score (nSPS) is 4.67. The first-order valence-electron chi connectivity index (χ1n) is 2.28. The third-order valence-electron chi connectivity index (χ3n) is 0. The number of aliphatic carboxylic acids is 2. The van der Waals surface area contributed by atoms with Crippen LogP contribution < -0.4 is 34.7 Å². The van der Waals surface area contributed by atoms with E-state index in [-0.39, 0.29) is 35.0 Å². The summed E-state index contributed by atoms with van der Waals surface area (Å²) in [5, 5.41) is 23.3. The molecule has 6 nitrogen and oxygen atoms in total. The molecule has 0 aliphatic heterocycles. The molecule has 0 bridgehead atoms. The summed E-state index contributed by atoms with van der Waals surface area (Å²) in [6, 6.07) is 0. The van der Waals surface area contributed by atoms with Crippen LogP contribution >= 0.6 is 0 Å². The fraction of sp³-hybridized carbons (Fsp3) is 0.600. The molecule has 4 N–H and O–H groups in total. The largest absolute Gasteiger partial charge is 1.00 e. The van der Waals surface area contributed by atoms with Gasteiger partial charge in [0.2, 0.25) is 0 Å². The minimum Gasteiger partial charge on any atom is -0.550 e. The summed E-state index contributed by atoms with van der Waals surface area (Å²) in [4.78, 5) is 17.9. The van der Waals surface area contributed by atoms with E-state index in [4.69, 9.17) is 24.9 Å². The summed E-state index contributed by atoms with van der Waals surface area (Å²) in [5.74, 6) is -1.92. The fourth-order valence-corrected chi connectivity index (χ4v) is 0. The molecule has 0 rings (SSSR count). The first kappa shape index (κ1) is 29.7. The zero-order valence-electron chi connectivity index (χ0n) is 7.62. The van der Waals surface area contributed by atoms with Gasteiger partial charge in [0.15, 0.2) is 0 Å². The van der Waals surface area contributed by atoms with E-state index in [1.165, 1.54) is 0 Å². The molecule has 0 aliphatic carbocycles. The number of carbonyl (C=O) groups excluding carboxylic acids is 1. The van der Waals surface area contributed by atoms with Gasteiger partial charge in [0.1, 0.15) is 0 Å². The molecule has 0 atom stereocenters. The number of carbonyl (C=O) groups is 2. The third kappa shape index (κ3) is 39500. The Bertz CT molecular complexity index is 73.9. The van der Waals surface area contributed by atoms with E-state index in [2.05, 4.69) is 0 Å². The van der Waals surface area contributed by atoms with Gasteiger partial charge in [-0.2, -0.15) is 0 Å². The van der Waals surface area contributed by atoms with Crippen molar-refractivity contribution < 1.29 is 59.9 Å². The van der Waals surface area contributed by atoms with Crippen molar-refractivity contribution >= 4 is 11.9 Å². The molecule has 7 heteroatoms. The van der Waals surface area contributed by atoms with Crippen LogP contribution in [0.4, 0.5) is 0 Å². The minimum absolute atomic E-state index is 0. The maximum atomic E-state index is 9.00. The van der Waals surface area contributed by atoms with Crippen LogP contribution in [-0.4, -0.2) is 34.7 Å². The first-order chi connectivity index (χ1) is 4.46. The van der Waals surface area contributed by atoms with Crippen LogP contribution in [-0.2, 0) is 9.59 Å². The first-order valence-corrected chi connectivity index (χ1v) is 2.28. The number of carboxylic acid groups (broad SMARTS) is 2. The van der Waals surface area contributed by atoms with E-state index in [1.54, 1.807) is 0 Å². The molecule has 0 aliphatic rings. The summed E-state index contributed by atoms with van der Waals surface area (Å²) in [5.41, 5.74) is 0. The molecule has 0 amide bonds. The van der Waals surface area contributed by atoms with Gasteiger partial charge in [-0.3, -0.25) is 4.79 Å². The van der Waals surface area contributed by atoms with Crippen LogP contribution in [0.5, 0.6) is 0 Å². The Kier molecular flexibility index (Phi) is 76.2. The van der Waals surface area contributed by atoms with Gasteiger partial charge in [-0.05, 0) is 6.92 Å². The minimum atomic E-state index is -1.08. The van der Waals surface area contributed by atoms with E-state index in [0.717, 1.165) is 21.0 Å². The second-order valence-electron chi connectivity index (χ2n) is 1.01. The van der Waals surface area contributed by atoms with Crippen molar-refractivity contribution in [3.63, 3.8) is 0 Å². The number of hydrogen-bond acceptors (Lipinski definition) is 4. The van der Waals surface area contributed by atoms with E-state index < -0.39 is 11.9 Å². The molecule has 0 unspecified atom stereocenters. The second kappa shape index (κ2) is 30.7. The average Bonchev–Trinajstić information content (AvgIpc) is 1.66. The Hall–Kier alpha value is -0.140. The van der Waals surface area contributed by atoms with Gasteiger partial charge in [-0.25, -0.2) is 0 Å². The molecule has 0 aromatic carbocycles. The van der Waals surface area contributed by atoms with Crippen molar-refractivity contribution in [1.82, 2.24) is 0 Å². The van der Waals surface area contributed by atoms with Crippen LogP contribution in [0, 0.1) is 0 Å². The molecule has 0 fully saturated rings. The summed E-state index contributed by atoms with van der Waals surface area (Å²) in [6.07, 6.45) is 0. The van der Waals surface area contributed by atoms with Gasteiger partial charge in [-0.15, -0.1) is 0 Å². The predicted molar refractivity (Wildman–Crippen MR) is 35.7 cm³/mol. The van der Waals surface area contributed by atoms with Gasteiger partial charge >= 0.3 is 29.6 Å². The van der Waals surface area contributed by atoms with Crippen LogP contribution in [0.1, 0.15) is 13.8 Å². The SMILES string of the molecule is CC(=O)O.CC(=O)[O-].CO.O.[Na+]. The summed E-state index contributed by atoms with van der Waals surface area (Å²) >= 11 is 0. The summed E-state index contributed by atoms with van der Waals surface area (Å²) in [6.45, 7) is 2.06. The van der Waals surface area contributed by atoms with Gasteiger partial charge < -0.3 is 25.6 Å². The number of aliphatic hydroxyl groups excluding tert-OH is 1. The summed E-state index contributed by atoms with van der Waals surface area (Å²) < 4.78 is 0. The molecule has 12 heavy (non-hydrogen) atoms.